The summed E-state index contributed by atoms with van der Waals surface area (Å²) in [6, 6.07) is 0. The zero-order valence-electron chi connectivity index (χ0n) is 5.89. The molecular formula is C7H13NO. The molecule has 0 radical (unpaired) electrons. The van der Waals surface area contributed by atoms with Gasteiger partial charge < -0.3 is 0 Å². The summed E-state index contributed by atoms with van der Waals surface area (Å²) in [5, 5.41) is 2.10. The van der Waals surface area contributed by atoms with Crippen molar-refractivity contribution in [3.05, 3.63) is 0 Å². The number of hydroxylamine groups is 2. The normalized spacial score (nSPS) is 49.7. The minimum absolute atomic E-state index is 0.498. The Kier molecular flexibility index (Phi) is 1.08. The molecule has 2 unspecified atom stereocenters. The van der Waals surface area contributed by atoms with Crippen LogP contribution >= 0.6 is 0 Å². The second-order valence-corrected chi connectivity index (χ2v) is 3.55. The highest BCUT2D eigenvalue weighted by atomic mass is 16.7. The van der Waals surface area contributed by atoms with Crippen LogP contribution in [0.1, 0.15) is 19.8 Å². The largest absolute Gasteiger partial charge is 0.298 e. The molecular weight excluding hydrogens is 114 g/mol. The second-order valence-electron chi connectivity index (χ2n) is 3.55. The number of piperidine rings is 1. The molecule has 2 rings (SSSR count). The molecule has 0 N–H and O–H groups in total. The Balaban J connectivity index is 2.13. The number of nitrogens with zero attached hydrogens (tertiary/aromatic N) is 1. The first kappa shape index (κ1) is 5.69. The highest BCUT2D eigenvalue weighted by Crippen LogP contribution is 2.34. The first-order valence-electron chi connectivity index (χ1n) is 3.66. The van der Waals surface area contributed by atoms with Crippen molar-refractivity contribution in [2.75, 3.05) is 19.7 Å². The summed E-state index contributed by atoms with van der Waals surface area (Å²) in [6.45, 7) is 5.57. The summed E-state index contributed by atoms with van der Waals surface area (Å²) in [5.41, 5.74) is 0.498. The maximum Gasteiger partial charge on any atom is 0.0751 e. The summed E-state index contributed by atoms with van der Waals surface area (Å²) in [5.74, 6) is 0. The molecule has 0 saturated carbocycles. The van der Waals surface area contributed by atoms with Crippen molar-refractivity contribution >= 4 is 0 Å². The Hall–Kier alpha value is -0.0800. The highest BCUT2D eigenvalue weighted by molar-refractivity contribution is 4.84. The van der Waals surface area contributed by atoms with E-state index in [2.05, 4.69) is 12.0 Å². The molecule has 0 aromatic carbocycles. The SMILES string of the molecule is CC12CCCN(C1)OC2. The Bertz CT molecular complexity index is 122. The number of hydrogen-bond donors (Lipinski definition) is 0. The quantitative estimate of drug-likeness (QED) is 0.482. The lowest BCUT2D eigenvalue weighted by Gasteiger charge is -2.26. The zero-order chi connectivity index (χ0) is 6.32. The van der Waals surface area contributed by atoms with Crippen molar-refractivity contribution in [2.24, 2.45) is 5.41 Å². The van der Waals surface area contributed by atoms with Crippen molar-refractivity contribution in [3.63, 3.8) is 0 Å². The Morgan fingerprint density at radius 2 is 2.44 bits per heavy atom. The van der Waals surface area contributed by atoms with Gasteiger partial charge in [-0.15, -0.1) is 0 Å². The first-order valence-corrected chi connectivity index (χ1v) is 3.66. The Morgan fingerprint density at radius 3 is 3.11 bits per heavy atom. The van der Waals surface area contributed by atoms with E-state index in [1.165, 1.54) is 12.8 Å². The topological polar surface area (TPSA) is 12.5 Å². The third kappa shape index (κ3) is 0.864. The average molecular weight is 127 g/mol. The average Bonchev–Trinajstić information content (AvgIpc) is 2.07. The molecule has 2 aliphatic rings. The maximum absolute atomic E-state index is 5.41. The monoisotopic (exact) mass is 127 g/mol. The van der Waals surface area contributed by atoms with Crippen molar-refractivity contribution < 1.29 is 4.84 Å². The van der Waals surface area contributed by atoms with E-state index in [-0.39, 0.29) is 0 Å². The van der Waals surface area contributed by atoms with E-state index in [0.717, 1.165) is 19.7 Å². The van der Waals surface area contributed by atoms with Crippen LogP contribution in [-0.4, -0.2) is 24.8 Å². The lowest BCUT2D eigenvalue weighted by molar-refractivity contribution is -0.108. The second kappa shape index (κ2) is 1.70. The van der Waals surface area contributed by atoms with Crippen LogP contribution in [0.4, 0.5) is 0 Å². The van der Waals surface area contributed by atoms with Crippen LogP contribution in [0.25, 0.3) is 0 Å². The fourth-order valence-electron chi connectivity index (χ4n) is 1.74. The molecule has 2 saturated heterocycles. The Morgan fingerprint density at radius 1 is 1.56 bits per heavy atom. The molecule has 0 aromatic rings. The molecule has 9 heavy (non-hydrogen) atoms. The van der Waals surface area contributed by atoms with Crippen LogP contribution in [0.15, 0.2) is 0 Å². The first-order chi connectivity index (χ1) is 4.29. The van der Waals surface area contributed by atoms with Crippen molar-refractivity contribution in [1.82, 2.24) is 5.06 Å². The van der Waals surface area contributed by atoms with E-state index in [1.807, 2.05) is 0 Å². The van der Waals surface area contributed by atoms with E-state index in [1.54, 1.807) is 0 Å². The third-order valence-corrected chi connectivity index (χ3v) is 2.34. The predicted octanol–water partition coefficient (Wildman–Crippen LogP) is 1.03. The van der Waals surface area contributed by atoms with Gasteiger partial charge in [-0.3, -0.25) is 4.84 Å². The third-order valence-electron chi connectivity index (χ3n) is 2.34. The van der Waals surface area contributed by atoms with Crippen LogP contribution in [0.2, 0.25) is 0 Å². The van der Waals surface area contributed by atoms with E-state index in [9.17, 15) is 0 Å². The van der Waals surface area contributed by atoms with Gasteiger partial charge in [0.05, 0.1) is 6.61 Å². The summed E-state index contributed by atoms with van der Waals surface area (Å²) in [7, 11) is 0. The van der Waals surface area contributed by atoms with E-state index < -0.39 is 0 Å². The van der Waals surface area contributed by atoms with Crippen molar-refractivity contribution in [2.45, 2.75) is 19.8 Å². The molecule has 2 bridgehead atoms. The van der Waals surface area contributed by atoms with Crippen LogP contribution in [0.5, 0.6) is 0 Å². The van der Waals surface area contributed by atoms with Gasteiger partial charge in [0.25, 0.3) is 0 Å². The van der Waals surface area contributed by atoms with Gasteiger partial charge in [-0.1, -0.05) is 6.92 Å². The van der Waals surface area contributed by atoms with Crippen LogP contribution in [0.3, 0.4) is 0 Å². The molecule has 2 heteroatoms. The fraction of sp³-hybridized carbons (Fsp3) is 1.00. The summed E-state index contributed by atoms with van der Waals surface area (Å²) in [4.78, 5) is 5.41. The van der Waals surface area contributed by atoms with Crippen LogP contribution < -0.4 is 0 Å². The number of fused-ring (bicyclic) bond motifs is 2. The van der Waals surface area contributed by atoms with Gasteiger partial charge >= 0.3 is 0 Å². The van der Waals surface area contributed by atoms with E-state index >= 15 is 0 Å². The summed E-state index contributed by atoms with van der Waals surface area (Å²) in [6.07, 6.45) is 2.67. The smallest absolute Gasteiger partial charge is 0.0751 e. The summed E-state index contributed by atoms with van der Waals surface area (Å²) >= 11 is 0. The molecule has 0 spiro atoms. The van der Waals surface area contributed by atoms with Gasteiger partial charge in [-0.25, -0.2) is 0 Å². The zero-order valence-corrected chi connectivity index (χ0v) is 5.89. The molecule has 2 heterocycles. The number of rotatable bonds is 0. The molecule has 52 valence electrons. The van der Waals surface area contributed by atoms with Crippen molar-refractivity contribution in [1.29, 1.82) is 0 Å². The molecule has 0 amide bonds. The molecule has 2 aliphatic heterocycles. The molecule has 2 fully saturated rings. The van der Waals surface area contributed by atoms with Crippen LogP contribution in [-0.2, 0) is 4.84 Å². The predicted molar refractivity (Wildman–Crippen MR) is 34.9 cm³/mol. The van der Waals surface area contributed by atoms with E-state index in [4.69, 9.17) is 4.84 Å². The van der Waals surface area contributed by atoms with Gasteiger partial charge in [0.15, 0.2) is 0 Å². The molecule has 0 aromatic heterocycles. The lowest BCUT2D eigenvalue weighted by Crippen LogP contribution is -2.31. The molecule has 2 nitrogen and oxygen atoms in total. The molecule has 2 atom stereocenters. The minimum Gasteiger partial charge on any atom is -0.298 e. The van der Waals surface area contributed by atoms with Crippen molar-refractivity contribution in [3.8, 4) is 0 Å². The maximum atomic E-state index is 5.41. The van der Waals surface area contributed by atoms with Gasteiger partial charge in [0, 0.05) is 18.5 Å². The van der Waals surface area contributed by atoms with Gasteiger partial charge in [0.1, 0.15) is 0 Å². The summed E-state index contributed by atoms with van der Waals surface area (Å²) < 4.78 is 0. The lowest BCUT2D eigenvalue weighted by atomic mass is 9.85. The van der Waals surface area contributed by atoms with E-state index in [0.29, 0.717) is 5.41 Å². The number of hydrogen-bond acceptors (Lipinski definition) is 2. The van der Waals surface area contributed by atoms with Crippen LogP contribution in [0, 0.1) is 5.41 Å². The van der Waals surface area contributed by atoms with Gasteiger partial charge in [-0.2, -0.15) is 5.06 Å². The standard InChI is InChI=1S/C7H13NO/c1-7-3-2-4-8(5-7)9-6-7/h2-6H2,1H3. The fourth-order valence-corrected chi connectivity index (χ4v) is 1.74. The minimum atomic E-state index is 0.498. The van der Waals surface area contributed by atoms with Gasteiger partial charge in [0.2, 0.25) is 0 Å². The van der Waals surface area contributed by atoms with Gasteiger partial charge in [-0.05, 0) is 12.8 Å². The molecule has 0 aliphatic carbocycles. The Labute approximate surface area is 55.7 Å². The highest BCUT2D eigenvalue weighted by Gasteiger charge is 2.37.